The number of carbonyl (C=O) groups is 1. The van der Waals surface area contributed by atoms with Gasteiger partial charge in [-0.15, -0.1) is 0 Å². The van der Waals surface area contributed by atoms with Gasteiger partial charge in [-0.05, 0) is 56.3 Å². The third-order valence-electron chi connectivity index (χ3n) is 6.79. The van der Waals surface area contributed by atoms with E-state index in [9.17, 15) is 4.79 Å². The Hall–Kier alpha value is -1.43. The van der Waals surface area contributed by atoms with Gasteiger partial charge in [0.2, 0.25) is 5.91 Å². The Morgan fingerprint density at radius 2 is 1.79 bits per heavy atom. The lowest BCUT2D eigenvalue weighted by Gasteiger charge is -2.36. The van der Waals surface area contributed by atoms with Crippen LogP contribution in [0.15, 0.2) is 24.3 Å². The number of hydrogen-bond donors (Lipinski definition) is 0. The maximum Gasteiger partial charge on any atom is 0.236 e. The monoisotopic (exact) mass is 400 g/mol. The van der Waals surface area contributed by atoms with Gasteiger partial charge in [0.25, 0.3) is 0 Å². The van der Waals surface area contributed by atoms with Crippen LogP contribution in [-0.4, -0.2) is 98.0 Å². The summed E-state index contributed by atoms with van der Waals surface area (Å²) in [6.45, 7) is 14.7. The number of hydrogen-bond acceptors (Lipinski definition) is 4. The normalized spacial score (nSPS) is 22.0. The van der Waals surface area contributed by atoms with Crippen molar-refractivity contribution < 1.29 is 4.79 Å². The molecule has 0 aliphatic carbocycles. The average Bonchev–Trinajstić information content (AvgIpc) is 2.74. The molecule has 5 nitrogen and oxygen atoms in total. The Bertz CT molecular complexity index is 642. The molecule has 1 atom stereocenters. The van der Waals surface area contributed by atoms with Gasteiger partial charge in [0, 0.05) is 52.9 Å². The molecule has 0 radical (unpaired) electrons. The van der Waals surface area contributed by atoms with E-state index >= 15 is 0 Å². The molecule has 1 aromatic rings. The fourth-order valence-electron chi connectivity index (χ4n) is 4.74. The number of piperazine rings is 1. The third-order valence-corrected chi connectivity index (χ3v) is 6.79. The second kappa shape index (κ2) is 11.1. The van der Waals surface area contributed by atoms with Crippen LogP contribution in [0.1, 0.15) is 30.9 Å². The highest BCUT2D eigenvalue weighted by molar-refractivity contribution is 5.78. The average molecular weight is 401 g/mol. The molecule has 0 spiro atoms. The Labute approximate surface area is 177 Å². The van der Waals surface area contributed by atoms with Gasteiger partial charge < -0.3 is 14.7 Å². The molecule has 2 aliphatic rings. The Morgan fingerprint density at radius 1 is 1.07 bits per heavy atom. The van der Waals surface area contributed by atoms with Crippen LogP contribution < -0.4 is 0 Å². The van der Waals surface area contributed by atoms with Crippen LogP contribution in [-0.2, 0) is 11.2 Å². The molecule has 2 saturated heterocycles. The molecule has 2 fully saturated rings. The van der Waals surface area contributed by atoms with Gasteiger partial charge in [0.1, 0.15) is 0 Å². The summed E-state index contributed by atoms with van der Waals surface area (Å²) in [4.78, 5) is 22.1. The number of aryl methyl sites for hydroxylation is 1. The van der Waals surface area contributed by atoms with E-state index in [1.165, 1.54) is 30.5 Å². The van der Waals surface area contributed by atoms with Gasteiger partial charge >= 0.3 is 0 Å². The number of piperidine rings is 1. The summed E-state index contributed by atoms with van der Waals surface area (Å²) in [5.41, 5.74) is 2.86. The van der Waals surface area contributed by atoms with E-state index in [0.29, 0.717) is 12.5 Å². The van der Waals surface area contributed by atoms with Gasteiger partial charge in [-0.1, -0.05) is 31.2 Å². The van der Waals surface area contributed by atoms with Crippen molar-refractivity contribution in [3.05, 3.63) is 35.4 Å². The van der Waals surface area contributed by atoms with Crippen molar-refractivity contribution in [3.63, 3.8) is 0 Å². The number of amides is 1. The second-order valence-electron chi connectivity index (χ2n) is 8.97. The largest absolute Gasteiger partial charge is 0.344 e. The highest BCUT2D eigenvalue weighted by atomic mass is 16.2. The van der Waals surface area contributed by atoms with Crippen LogP contribution in [0.4, 0.5) is 0 Å². The minimum atomic E-state index is 0.284. The second-order valence-corrected chi connectivity index (χ2v) is 8.97. The van der Waals surface area contributed by atoms with Crippen LogP contribution in [0.3, 0.4) is 0 Å². The minimum Gasteiger partial charge on any atom is -0.344 e. The van der Waals surface area contributed by atoms with Gasteiger partial charge in [-0.2, -0.15) is 0 Å². The summed E-state index contributed by atoms with van der Waals surface area (Å²) in [5, 5.41) is 0. The van der Waals surface area contributed by atoms with E-state index in [1.54, 1.807) is 0 Å². The standard InChI is InChI=1S/C24H40N4O/c1-4-26-14-16-28(17-15-26)20-24(29)25(3)18-22-9-7-12-27(19-22)13-11-23-10-6-5-8-21(23)2/h5-6,8,10,22H,4,7,9,11-20H2,1-3H3. The summed E-state index contributed by atoms with van der Waals surface area (Å²) in [5.74, 6) is 0.887. The van der Waals surface area contributed by atoms with Crippen LogP contribution in [0.5, 0.6) is 0 Å². The van der Waals surface area contributed by atoms with Crippen molar-refractivity contribution in [2.45, 2.75) is 33.1 Å². The van der Waals surface area contributed by atoms with E-state index in [4.69, 9.17) is 0 Å². The number of benzene rings is 1. The number of likely N-dealkylation sites (N-methyl/N-ethyl adjacent to an activating group) is 2. The fourth-order valence-corrected chi connectivity index (χ4v) is 4.74. The molecular weight excluding hydrogens is 360 g/mol. The lowest BCUT2D eigenvalue weighted by atomic mass is 9.96. The molecule has 0 aromatic heterocycles. The zero-order chi connectivity index (χ0) is 20.6. The molecule has 5 heteroatoms. The van der Waals surface area contributed by atoms with E-state index in [-0.39, 0.29) is 5.91 Å². The first-order chi connectivity index (χ1) is 14.0. The fraction of sp³-hybridized carbons (Fsp3) is 0.708. The van der Waals surface area contributed by atoms with Gasteiger partial charge in [0.05, 0.1) is 6.54 Å². The van der Waals surface area contributed by atoms with E-state index in [0.717, 1.165) is 58.8 Å². The number of nitrogens with zero attached hydrogens (tertiary/aromatic N) is 4. The van der Waals surface area contributed by atoms with Crippen molar-refractivity contribution in [3.8, 4) is 0 Å². The van der Waals surface area contributed by atoms with Crippen LogP contribution in [0.2, 0.25) is 0 Å². The Kier molecular flexibility index (Phi) is 8.52. The maximum absolute atomic E-state index is 12.7. The lowest BCUT2D eigenvalue weighted by molar-refractivity contribution is -0.132. The molecule has 1 aromatic carbocycles. The summed E-state index contributed by atoms with van der Waals surface area (Å²) >= 11 is 0. The van der Waals surface area contributed by atoms with E-state index in [2.05, 4.69) is 52.8 Å². The van der Waals surface area contributed by atoms with Crippen molar-refractivity contribution >= 4 is 5.91 Å². The summed E-state index contributed by atoms with van der Waals surface area (Å²) < 4.78 is 0. The maximum atomic E-state index is 12.7. The third kappa shape index (κ3) is 6.80. The number of likely N-dealkylation sites (tertiary alicyclic amines) is 1. The van der Waals surface area contributed by atoms with Gasteiger partial charge in [-0.25, -0.2) is 0 Å². The van der Waals surface area contributed by atoms with Crippen LogP contribution >= 0.6 is 0 Å². The highest BCUT2D eigenvalue weighted by Crippen LogP contribution is 2.18. The molecule has 1 unspecified atom stereocenters. The molecular formula is C24H40N4O. The first-order valence-electron chi connectivity index (χ1n) is 11.5. The predicted octanol–water partition coefficient (Wildman–Crippen LogP) is 2.35. The first-order valence-corrected chi connectivity index (χ1v) is 11.5. The first kappa shape index (κ1) is 22.3. The zero-order valence-electron chi connectivity index (χ0n) is 18.8. The smallest absolute Gasteiger partial charge is 0.236 e. The summed E-state index contributed by atoms with van der Waals surface area (Å²) in [6.07, 6.45) is 3.62. The van der Waals surface area contributed by atoms with Crippen LogP contribution in [0.25, 0.3) is 0 Å². The molecule has 0 saturated carbocycles. The van der Waals surface area contributed by atoms with Crippen molar-refractivity contribution in [1.29, 1.82) is 0 Å². The Balaban J connectivity index is 1.40. The zero-order valence-corrected chi connectivity index (χ0v) is 18.8. The topological polar surface area (TPSA) is 30.0 Å². The molecule has 1 amide bonds. The molecule has 2 heterocycles. The molecule has 29 heavy (non-hydrogen) atoms. The van der Waals surface area contributed by atoms with Crippen molar-refractivity contribution in [2.75, 3.05) is 72.5 Å². The van der Waals surface area contributed by atoms with Gasteiger partial charge in [-0.3, -0.25) is 9.69 Å². The van der Waals surface area contributed by atoms with Crippen molar-refractivity contribution in [1.82, 2.24) is 19.6 Å². The minimum absolute atomic E-state index is 0.284. The molecule has 0 bridgehead atoms. The summed E-state index contributed by atoms with van der Waals surface area (Å²) in [6, 6.07) is 8.72. The summed E-state index contributed by atoms with van der Waals surface area (Å²) in [7, 11) is 2.00. The molecule has 162 valence electrons. The van der Waals surface area contributed by atoms with Crippen LogP contribution in [0, 0.1) is 12.8 Å². The SMILES string of the molecule is CCN1CCN(CC(=O)N(C)CC2CCCN(CCc3ccccc3C)C2)CC1. The Morgan fingerprint density at radius 3 is 2.52 bits per heavy atom. The van der Waals surface area contributed by atoms with Gasteiger partial charge in [0.15, 0.2) is 0 Å². The quantitative estimate of drug-likeness (QED) is 0.670. The molecule has 0 N–H and O–H groups in total. The molecule has 2 aliphatic heterocycles. The molecule has 3 rings (SSSR count). The lowest BCUT2D eigenvalue weighted by Crippen LogP contribution is -2.50. The van der Waals surface area contributed by atoms with E-state index in [1.807, 2.05) is 11.9 Å². The van der Waals surface area contributed by atoms with Crippen molar-refractivity contribution in [2.24, 2.45) is 5.92 Å². The van der Waals surface area contributed by atoms with E-state index < -0.39 is 0 Å². The predicted molar refractivity (Wildman–Crippen MR) is 120 cm³/mol. The number of carbonyl (C=O) groups excluding carboxylic acids is 1. The highest BCUT2D eigenvalue weighted by Gasteiger charge is 2.24. The number of rotatable bonds is 8.